The molecule has 2 aliphatic heterocycles. The summed E-state index contributed by atoms with van der Waals surface area (Å²) in [5.41, 5.74) is 2.81. The fraction of sp³-hybridized carbons (Fsp3) is 0.650. The van der Waals surface area contributed by atoms with E-state index >= 15 is 0 Å². The quantitative estimate of drug-likeness (QED) is 0.648. The molecule has 5 nitrogen and oxygen atoms in total. The van der Waals surface area contributed by atoms with Crippen molar-refractivity contribution in [2.75, 3.05) is 31.1 Å². The minimum absolute atomic E-state index is 0.186. The number of likely N-dealkylation sites (tertiary alicyclic amines) is 1. The maximum atomic E-state index is 11.7. The van der Waals surface area contributed by atoms with Crippen molar-refractivity contribution in [2.24, 2.45) is 10.9 Å². The van der Waals surface area contributed by atoms with Crippen LogP contribution in [0.4, 0.5) is 0 Å². The van der Waals surface area contributed by atoms with E-state index < -0.39 is 9.84 Å². The SMILES string of the molecule is Cc1ccccc1C1CCN(C(=NCC2CCS(=O)(=O)C2)NC2CC2)C1. The second kappa shape index (κ2) is 7.22. The van der Waals surface area contributed by atoms with Gasteiger partial charge in [0.15, 0.2) is 15.8 Å². The summed E-state index contributed by atoms with van der Waals surface area (Å²) in [6, 6.07) is 9.22. The van der Waals surface area contributed by atoms with Gasteiger partial charge in [0.05, 0.1) is 11.5 Å². The summed E-state index contributed by atoms with van der Waals surface area (Å²) in [6.45, 7) is 4.82. The Hall–Kier alpha value is -1.56. The highest BCUT2D eigenvalue weighted by Gasteiger charge is 2.32. The highest BCUT2D eigenvalue weighted by Crippen LogP contribution is 2.30. The summed E-state index contributed by atoms with van der Waals surface area (Å²) in [4.78, 5) is 7.22. The molecular weight excluding hydrogens is 346 g/mol. The molecule has 0 spiro atoms. The lowest BCUT2D eigenvalue weighted by molar-refractivity contribution is 0.478. The Kier molecular flexibility index (Phi) is 4.95. The maximum absolute atomic E-state index is 11.7. The molecule has 1 aromatic carbocycles. The van der Waals surface area contributed by atoms with Crippen LogP contribution in [0.15, 0.2) is 29.3 Å². The zero-order valence-electron chi connectivity index (χ0n) is 15.5. The van der Waals surface area contributed by atoms with Gasteiger partial charge in [-0.3, -0.25) is 4.99 Å². The predicted octanol–water partition coefficient (Wildman–Crippen LogP) is 2.33. The van der Waals surface area contributed by atoms with Crippen molar-refractivity contribution in [2.45, 2.75) is 44.6 Å². The molecule has 1 saturated carbocycles. The van der Waals surface area contributed by atoms with E-state index in [0.29, 0.717) is 30.0 Å². The molecule has 1 aromatic rings. The molecule has 0 amide bonds. The number of benzene rings is 1. The fourth-order valence-corrected chi connectivity index (χ4v) is 5.98. The molecule has 3 aliphatic rings. The molecular formula is C20H29N3O2S. The van der Waals surface area contributed by atoms with E-state index in [2.05, 4.69) is 41.4 Å². The number of guanidine groups is 1. The van der Waals surface area contributed by atoms with Gasteiger partial charge >= 0.3 is 0 Å². The Morgan fingerprint density at radius 3 is 2.73 bits per heavy atom. The van der Waals surface area contributed by atoms with Gasteiger partial charge in [0.2, 0.25) is 0 Å². The molecule has 2 heterocycles. The van der Waals surface area contributed by atoms with E-state index in [1.807, 2.05) is 0 Å². The monoisotopic (exact) mass is 375 g/mol. The number of aliphatic imine (C=N–C) groups is 1. The molecule has 26 heavy (non-hydrogen) atoms. The van der Waals surface area contributed by atoms with Crippen molar-refractivity contribution < 1.29 is 8.42 Å². The van der Waals surface area contributed by atoms with Gasteiger partial charge in [0, 0.05) is 31.6 Å². The maximum Gasteiger partial charge on any atom is 0.194 e. The molecule has 4 rings (SSSR count). The highest BCUT2D eigenvalue weighted by atomic mass is 32.2. The Morgan fingerprint density at radius 1 is 1.23 bits per heavy atom. The fourth-order valence-electron chi connectivity index (χ4n) is 4.13. The molecule has 3 fully saturated rings. The van der Waals surface area contributed by atoms with E-state index in [9.17, 15) is 8.42 Å². The lowest BCUT2D eigenvalue weighted by atomic mass is 9.94. The zero-order valence-corrected chi connectivity index (χ0v) is 16.3. The number of aryl methyl sites for hydroxylation is 1. The first-order valence-corrected chi connectivity index (χ1v) is 11.6. The van der Waals surface area contributed by atoms with Crippen LogP contribution >= 0.6 is 0 Å². The first-order valence-electron chi connectivity index (χ1n) is 9.82. The summed E-state index contributed by atoms with van der Waals surface area (Å²) >= 11 is 0. The first-order chi connectivity index (χ1) is 12.5. The van der Waals surface area contributed by atoms with Crippen molar-refractivity contribution >= 4 is 15.8 Å². The second-order valence-electron chi connectivity index (χ2n) is 8.14. The van der Waals surface area contributed by atoms with Crippen LogP contribution in [0.2, 0.25) is 0 Å². The number of nitrogens with zero attached hydrogens (tertiary/aromatic N) is 2. The van der Waals surface area contributed by atoms with Crippen LogP contribution in [0.25, 0.3) is 0 Å². The van der Waals surface area contributed by atoms with E-state index in [4.69, 9.17) is 4.99 Å². The number of hydrogen-bond donors (Lipinski definition) is 1. The van der Waals surface area contributed by atoms with E-state index in [1.54, 1.807) is 0 Å². The number of nitrogens with one attached hydrogen (secondary N) is 1. The Balaban J connectivity index is 1.43. The summed E-state index contributed by atoms with van der Waals surface area (Å²) < 4.78 is 23.4. The summed E-state index contributed by atoms with van der Waals surface area (Å²) in [6.07, 6.45) is 4.33. The average molecular weight is 376 g/mol. The molecule has 0 radical (unpaired) electrons. The van der Waals surface area contributed by atoms with Crippen LogP contribution in [-0.2, 0) is 9.84 Å². The summed E-state index contributed by atoms with van der Waals surface area (Å²) in [7, 11) is -2.83. The lowest BCUT2D eigenvalue weighted by Crippen LogP contribution is -2.41. The molecule has 2 unspecified atom stereocenters. The van der Waals surface area contributed by atoms with Gasteiger partial charge in [-0.15, -0.1) is 0 Å². The van der Waals surface area contributed by atoms with E-state index in [0.717, 1.165) is 31.9 Å². The van der Waals surface area contributed by atoms with Crippen molar-refractivity contribution in [1.29, 1.82) is 0 Å². The van der Waals surface area contributed by atoms with Gasteiger partial charge in [0.25, 0.3) is 0 Å². The van der Waals surface area contributed by atoms with Gasteiger partial charge in [0.1, 0.15) is 0 Å². The second-order valence-corrected chi connectivity index (χ2v) is 10.4. The molecule has 1 aliphatic carbocycles. The molecule has 142 valence electrons. The lowest BCUT2D eigenvalue weighted by Gasteiger charge is -2.23. The van der Waals surface area contributed by atoms with Gasteiger partial charge in [-0.05, 0) is 49.7 Å². The zero-order chi connectivity index (χ0) is 18.1. The van der Waals surface area contributed by atoms with E-state index in [-0.39, 0.29) is 5.92 Å². The van der Waals surface area contributed by atoms with Crippen LogP contribution in [0.5, 0.6) is 0 Å². The Morgan fingerprint density at radius 2 is 2.04 bits per heavy atom. The smallest absolute Gasteiger partial charge is 0.194 e. The van der Waals surface area contributed by atoms with Crippen LogP contribution in [-0.4, -0.2) is 56.5 Å². The normalized spacial score (nSPS) is 28.5. The molecule has 6 heteroatoms. The molecule has 2 atom stereocenters. The largest absolute Gasteiger partial charge is 0.354 e. The standard InChI is InChI=1S/C20H29N3O2S/c1-15-4-2-3-5-19(15)17-8-10-23(13-17)20(22-18-6-7-18)21-12-16-9-11-26(24,25)14-16/h2-5,16-18H,6-14H2,1H3,(H,21,22). The molecule has 2 saturated heterocycles. The van der Waals surface area contributed by atoms with Crippen molar-refractivity contribution in [3.63, 3.8) is 0 Å². The first kappa shape index (κ1) is 17.8. The van der Waals surface area contributed by atoms with Gasteiger partial charge in [-0.25, -0.2) is 8.42 Å². The Labute approximate surface area is 156 Å². The number of hydrogen-bond acceptors (Lipinski definition) is 3. The third kappa shape index (κ3) is 4.22. The van der Waals surface area contributed by atoms with Gasteiger partial charge in [-0.1, -0.05) is 24.3 Å². The van der Waals surface area contributed by atoms with Crippen LogP contribution in [0, 0.1) is 12.8 Å². The molecule has 0 bridgehead atoms. The minimum atomic E-state index is -2.83. The summed E-state index contributed by atoms with van der Waals surface area (Å²) in [5.74, 6) is 2.37. The van der Waals surface area contributed by atoms with Crippen molar-refractivity contribution in [3.05, 3.63) is 35.4 Å². The third-order valence-corrected chi connectivity index (χ3v) is 7.69. The topological polar surface area (TPSA) is 61.8 Å². The average Bonchev–Trinajstić information content (AvgIpc) is 3.17. The van der Waals surface area contributed by atoms with Gasteiger partial charge < -0.3 is 10.2 Å². The van der Waals surface area contributed by atoms with Crippen LogP contribution < -0.4 is 5.32 Å². The van der Waals surface area contributed by atoms with Crippen LogP contribution in [0.3, 0.4) is 0 Å². The van der Waals surface area contributed by atoms with Crippen molar-refractivity contribution in [3.8, 4) is 0 Å². The Bertz CT molecular complexity index is 786. The van der Waals surface area contributed by atoms with Crippen LogP contribution in [0.1, 0.15) is 42.7 Å². The molecule has 0 aromatic heterocycles. The van der Waals surface area contributed by atoms with E-state index in [1.165, 1.54) is 24.0 Å². The third-order valence-electron chi connectivity index (χ3n) is 5.85. The predicted molar refractivity (Wildman–Crippen MR) is 105 cm³/mol. The number of sulfone groups is 1. The highest BCUT2D eigenvalue weighted by molar-refractivity contribution is 7.91. The summed E-state index contributed by atoms with van der Waals surface area (Å²) in [5, 5.41) is 3.59. The van der Waals surface area contributed by atoms with Crippen molar-refractivity contribution in [1.82, 2.24) is 10.2 Å². The molecule has 1 N–H and O–H groups in total. The minimum Gasteiger partial charge on any atom is -0.354 e. The number of rotatable bonds is 4. The van der Waals surface area contributed by atoms with Gasteiger partial charge in [-0.2, -0.15) is 0 Å².